The Morgan fingerprint density at radius 1 is 0.972 bits per heavy atom. The average Bonchev–Trinajstić information content (AvgIpc) is 3.24. The Morgan fingerprint density at radius 2 is 1.64 bits per heavy atom. The van der Waals surface area contributed by atoms with E-state index in [1.54, 1.807) is 0 Å². The predicted molar refractivity (Wildman–Crippen MR) is 139 cm³/mol. The maximum Gasteiger partial charge on any atom is 0.227 e. The molecule has 1 fully saturated rings. The van der Waals surface area contributed by atoms with Gasteiger partial charge in [-0.3, -0.25) is 9.59 Å². The molecule has 0 bridgehead atoms. The molecule has 36 heavy (non-hydrogen) atoms. The predicted octanol–water partition coefficient (Wildman–Crippen LogP) is 5.50. The quantitative estimate of drug-likeness (QED) is 0.343. The van der Waals surface area contributed by atoms with Crippen LogP contribution in [-0.2, 0) is 21.5 Å². The Labute approximate surface area is 212 Å². The van der Waals surface area contributed by atoms with Gasteiger partial charge in [0.05, 0.1) is 0 Å². The van der Waals surface area contributed by atoms with Crippen molar-refractivity contribution in [2.24, 2.45) is 0 Å². The monoisotopic (exact) mass is 489 g/mol. The second kappa shape index (κ2) is 11.8. The maximum absolute atomic E-state index is 12.5. The Bertz CT molecular complexity index is 1140. The van der Waals surface area contributed by atoms with E-state index in [1.807, 2.05) is 42.5 Å². The molecular weight excluding hydrogens is 454 g/mol. The number of amides is 2. The van der Waals surface area contributed by atoms with Gasteiger partial charge in [0.2, 0.25) is 17.7 Å². The molecule has 1 heterocycles. The van der Waals surface area contributed by atoms with Gasteiger partial charge in [-0.1, -0.05) is 61.2 Å². The SMILES string of the molecule is CC(=O)NC1(c2noc(CCC(=O)Nc3ccc(NC(C)c4ccccc4)cc3)n2)CCCCCC1. The normalized spacial score (nSPS) is 15.9. The van der Waals surface area contributed by atoms with Gasteiger partial charge in [0.25, 0.3) is 0 Å². The molecule has 0 saturated heterocycles. The summed E-state index contributed by atoms with van der Waals surface area (Å²) in [5.41, 5.74) is 2.34. The van der Waals surface area contributed by atoms with Gasteiger partial charge in [0, 0.05) is 37.2 Å². The zero-order chi connectivity index (χ0) is 25.4. The van der Waals surface area contributed by atoms with Gasteiger partial charge in [-0.05, 0) is 49.6 Å². The Kier molecular flexibility index (Phi) is 8.36. The van der Waals surface area contributed by atoms with E-state index in [9.17, 15) is 9.59 Å². The van der Waals surface area contributed by atoms with E-state index in [-0.39, 0.29) is 24.3 Å². The van der Waals surface area contributed by atoms with E-state index >= 15 is 0 Å². The molecule has 190 valence electrons. The summed E-state index contributed by atoms with van der Waals surface area (Å²) in [6.45, 7) is 3.63. The lowest BCUT2D eigenvalue weighted by molar-refractivity contribution is -0.121. The molecule has 3 N–H and O–H groups in total. The lowest BCUT2D eigenvalue weighted by Crippen LogP contribution is -2.45. The first-order chi connectivity index (χ1) is 17.4. The van der Waals surface area contributed by atoms with Crippen molar-refractivity contribution in [2.45, 2.75) is 76.8 Å². The molecule has 8 heteroatoms. The minimum atomic E-state index is -0.583. The van der Waals surface area contributed by atoms with Crippen molar-refractivity contribution < 1.29 is 14.1 Å². The van der Waals surface area contributed by atoms with Gasteiger partial charge < -0.3 is 20.5 Å². The molecule has 0 spiro atoms. The van der Waals surface area contributed by atoms with Crippen LogP contribution < -0.4 is 16.0 Å². The maximum atomic E-state index is 12.5. The third-order valence-electron chi connectivity index (χ3n) is 6.69. The molecule has 0 aliphatic heterocycles. The molecule has 1 atom stereocenters. The third-order valence-corrected chi connectivity index (χ3v) is 6.69. The van der Waals surface area contributed by atoms with Crippen LogP contribution in [0.5, 0.6) is 0 Å². The number of hydrogen-bond acceptors (Lipinski definition) is 6. The van der Waals surface area contributed by atoms with E-state index in [1.165, 1.54) is 12.5 Å². The molecule has 1 aromatic heterocycles. The lowest BCUT2D eigenvalue weighted by atomic mass is 9.89. The summed E-state index contributed by atoms with van der Waals surface area (Å²) in [6, 6.07) is 18.1. The van der Waals surface area contributed by atoms with Gasteiger partial charge in [-0.2, -0.15) is 4.98 Å². The van der Waals surface area contributed by atoms with Crippen LogP contribution in [0.4, 0.5) is 11.4 Å². The van der Waals surface area contributed by atoms with E-state index in [0.717, 1.165) is 49.9 Å². The van der Waals surface area contributed by atoms with Crippen molar-refractivity contribution in [3.05, 3.63) is 71.9 Å². The van der Waals surface area contributed by atoms with Gasteiger partial charge >= 0.3 is 0 Å². The highest BCUT2D eigenvalue weighted by Crippen LogP contribution is 2.34. The van der Waals surface area contributed by atoms with Crippen LogP contribution in [0.3, 0.4) is 0 Å². The zero-order valence-corrected chi connectivity index (χ0v) is 21.0. The van der Waals surface area contributed by atoms with E-state index in [2.05, 4.69) is 45.1 Å². The van der Waals surface area contributed by atoms with Crippen molar-refractivity contribution in [1.29, 1.82) is 0 Å². The molecule has 1 saturated carbocycles. The lowest BCUT2D eigenvalue weighted by Gasteiger charge is -2.30. The van der Waals surface area contributed by atoms with Crippen molar-refractivity contribution in [2.75, 3.05) is 10.6 Å². The highest BCUT2D eigenvalue weighted by Gasteiger charge is 2.38. The molecule has 3 aromatic rings. The van der Waals surface area contributed by atoms with Crippen molar-refractivity contribution in [1.82, 2.24) is 15.5 Å². The molecule has 8 nitrogen and oxygen atoms in total. The number of rotatable bonds is 9. The summed E-state index contributed by atoms with van der Waals surface area (Å²) < 4.78 is 5.45. The smallest absolute Gasteiger partial charge is 0.227 e. The van der Waals surface area contributed by atoms with Gasteiger partial charge in [0.15, 0.2) is 5.82 Å². The first kappa shape index (κ1) is 25.4. The second-order valence-corrected chi connectivity index (χ2v) is 9.59. The van der Waals surface area contributed by atoms with Crippen LogP contribution in [0.15, 0.2) is 59.1 Å². The summed E-state index contributed by atoms with van der Waals surface area (Å²) >= 11 is 0. The molecular formula is C28H35N5O3. The van der Waals surface area contributed by atoms with Crippen LogP contribution in [0, 0.1) is 0 Å². The largest absolute Gasteiger partial charge is 0.379 e. The topological polar surface area (TPSA) is 109 Å². The number of benzene rings is 2. The van der Waals surface area contributed by atoms with E-state index in [4.69, 9.17) is 4.52 Å². The Morgan fingerprint density at radius 3 is 2.31 bits per heavy atom. The van der Waals surface area contributed by atoms with Crippen LogP contribution in [0.2, 0.25) is 0 Å². The number of nitrogens with zero attached hydrogens (tertiary/aromatic N) is 2. The fourth-order valence-corrected chi connectivity index (χ4v) is 4.79. The van der Waals surface area contributed by atoms with Gasteiger partial charge in [-0.25, -0.2) is 0 Å². The number of anilines is 2. The molecule has 1 unspecified atom stereocenters. The standard InChI is InChI=1S/C28H35N5O3/c1-20(22-10-6-5-7-11-22)29-23-12-14-24(15-13-23)30-25(35)16-17-26-31-27(33-36-26)28(32-21(2)34)18-8-3-4-9-19-28/h5-7,10-15,20,29H,3-4,8-9,16-19H2,1-2H3,(H,30,35)(H,32,34). The molecule has 2 aromatic carbocycles. The molecule has 4 rings (SSSR count). The molecule has 0 radical (unpaired) electrons. The first-order valence-corrected chi connectivity index (χ1v) is 12.8. The Balaban J connectivity index is 1.30. The number of nitrogens with one attached hydrogen (secondary N) is 3. The second-order valence-electron chi connectivity index (χ2n) is 9.59. The summed E-state index contributed by atoms with van der Waals surface area (Å²) in [7, 11) is 0. The van der Waals surface area contributed by atoms with Crippen molar-refractivity contribution in [3.63, 3.8) is 0 Å². The van der Waals surface area contributed by atoms with Crippen LogP contribution in [-0.4, -0.2) is 22.0 Å². The first-order valence-electron chi connectivity index (χ1n) is 12.8. The molecule has 2 amide bonds. The summed E-state index contributed by atoms with van der Waals surface area (Å²) in [4.78, 5) is 29.0. The highest BCUT2D eigenvalue weighted by atomic mass is 16.5. The van der Waals surface area contributed by atoms with E-state index < -0.39 is 5.54 Å². The van der Waals surface area contributed by atoms with Crippen molar-refractivity contribution in [3.8, 4) is 0 Å². The minimum absolute atomic E-state index is 0.0987. The number of carbonyl (C=O) groups is 2. The molecule has 1 aliphatic carbocycles. The van der Waals surface area contributed by atoms with Gasteiger partial charge in [-0.15, -0.1) is 0 Å². The summed E-state index contributed by atoms with van der Waals surface area (Å²) in [5, 5.41) is 13.7. The highest BCUT2D eigenvalue weighted by molar-refractivity contribution is 5.90. The van der Waals surface area contributed by atoms with E-state index in [0.29, 0.717) is 18.1 Å². The fraction of sp³-hybridized carbons (Fsp3) is 0.429. The summed E-state index contributed by atoms with van der Waals surface area (Å²) in [5.74, 6) is 0.698. The minimum Gasteiger partial charge on any atom is -0.379 e. The van der Waals surface area contributed by atoms with Crippen LogP contribution >= 0.6 is 0 Å². The number of aromatic nitrogens is 2. The van der Waals surface area contributed by atoms with Crippen LogP contribution in [0.1, 0.15) is 82.1 Å². The summed E-state index contributed by atoms with van der Waals surface area (Å²) in [6.07, 6.45) is 6.42. The van der Waals surface area contributed by atoms with Crippen LogP contribution in [0.25, 0.3) is 0 Å². The average molecular weight is 490 g/mol. The molecule has 1 aliphatic rings. The third kappa shape index (κ3) is 6.71. The number of carbonyl (C=O) groups excluding carboxylic acids is 2. The van der Waals surface area contributed by atoms with Crippen molar-refractivity contribution >= 4 is 23.2 Å². The number of hydrogen-bond donors (Lipinski definition) is 3. The van der Waals surface area contributed by atoms with Gasteiger partial charge in [0.1, 0.15) is 5.54 Å². The Hall–Kier alpha value is -3.68. The zero-order valence-electron chi connectivity index (χ0n) is 21.0. The number of aryl methyl sites for hydroxylation is 1. The fourth-order valence-electron chi connectivity index (χ4n) is 4.79.